The maximum absolute atomic E-state index is 11.5. The van der Waals surface area contributed by atoms with E-state index in [-0.39, 0.29) is 19.6 Å². The molecular weight excluding hydrogens is 400 g/mol. The minimum absolute atomic E-state index is 0.153. The summed E-state index contributed by atoms with van der Waals surface area (Å²) in [5.74, 6) is 0.762. The van der Waals surface area contributed by atoms with Crippen LogP contribution in [0.25, 0.3) is 10.9 Å². The molecule has 0 radical (unpaired) electrons. The number of nitrogens with two attached hydrogens (primary N) is 1. The van der Waals surface area contributed by atoms with Gasteiger partial charge in [-0.2, -0.15) is 0 Å². The summed E-state index contributed by atoms with van der Waals surface area (Å²) < 4.78 is 11.8. The summed E-state index contributed by atoms with van der Waals surface area (Å²) in [6, 6.07) is 9.24. The molecule has 1 atom stereocenters. The number of nitrogens with one attached hydrogen (secondary N) is 2. The van der Waals surface area contributed by atoms with Crippen LogP contribution in [-0.4, -0.2) is 72.3 Å². The minimum atomic E-state index is -1.24. The summed E-state index contributed by atoms with van der Waals surface area (Å²) >= 11 is 0. The second-order valence-corrected chi connectivity index (χ2v) is 7.38. The Morgan fingerprint density at radius 3 is 2.87 bits per heavy atom. The Morgan fingerprint density at radius 1 is 1.23 bits per heavy atom. The van der Waals surface area contributed by atoms with E-state index in [0.717, 1.165) is 37.4 Å². The number of carboxylic acids is 1. The van der Waals surface area contributed by atoms with Crippen LogP contribution >= 0.6 is 0 Å². The predicted octanol–water partition coefficient (Wildman–Crippen LogP) is 0.762. The molecule has 1 aromatic heterocycles. The fraction of sp³-hybridized carbons (Fsp3) is 0.381. The maximum Gasteiger partial charge on any atom is 0.308 e. The molecule has 164 valence electrons. The minimum Gasteiger partial charge on any atom is -0.489 e. The molecule has 31 heavy (non-hydrogen) atoms. The lowest BCUT2D eigenvalue weighted by atomic mass is 10.1. The van der Waals surface area contributed by atoms with Gasteiger partial charge in [-0.1, -0.05) is 12.1 Å². The Labute approximate surface area is 179 Å². The molecular formula is C21H26N6O4. The molecule has 0 spiro atoms. The third kappa shape index (κ3) is 5.04. The number of para-hydroxylation sites is 1. The fourth-order valence-corrected chi connectivity index (χ4v) is 3.64. The zero-order chi connectivity index (χ0) is 21.7. The molecule has 10 nitrogen and oxygen atoms in total. The molecule has 10 heteroatoms. The highest BCUT2D eigenvalue weighted by atomic mass is 16.5. The van der Waals surface area contributed by atoms with Gasteiger partial charge in [0.1, 0.15) is 29.5 Å². The average Bonchev–Trinajstić information content (AvgIpc) is 2.77. The molecule has 0 saturated carbocycles. The normalized spacial score (nSPS) is 20.9. The number of aliphatic carboxylic acids is 1. The van der Waals surface area contributed by atoms with Crippen molar-refractivity contribution >= 4 is 28.9 Å². The summed E-state index contributed by atoms with van der Waals surface area (Å²) in [6.45, 7) is 3.68. The Bertz CT molecular complexity index is 1000. The van der Waals surface area contributed by atoms with E-state index in [4.69, 9.17) is 15.2 Å². The van der Waals surface area contributed by atoms with Crippen LogP contribution in [0.5, 0.6) is 5.75 Å². The van der Waals surface area contributed by atoms with Crippen molar-refractivity contribution in [3.63, 3.8) is 0 Å². The molecule has 5 N–H and O–H groups in total. The van der Waals surface area contributed by atoms with Crippen LogP contribution in [-0.2, 0) is 9.53 Å². The van der Waals surface area contributed by atoms with Crippen molar-refractivity contribution in [2.45, 2.75) is 12.1 Å². The summed E-state index contributed by atoms with van der Waals surface area (Å²) in [6.07, 6.45) is 2.91. The van der Waals surface area contributed by atoms with Gasteiger partial charge in [0, 0.05) is 31.6 Å². The van der Waals surface area contributed by atoms with E-state index in [1.165, 1.54) is 6.21 Å². The van der Waals surface area contributed by atoms with Crippen molar-refractivity contribution in [3.05, 3.63) is 42.4 Å². The number of carboxylic acid groups (broad SMARTS) is 1. The SMILES string of the molecule is Nc1ccc2cccc(OCCOC3(CC(=O)O)C=NC=C(N4CCNCC4)N3)c2n1. The quantitative estimate of drug-likeness (QED) is 0.451. The van der Waals surface area contributed by atoms with Crippen LogP contribution in [0.1, 0.15) is 6.42 Å². The number of fused-ring (bicyclic) bond motifs is 1. The number of nitrogens with zero attached hydrogens (tertiary/aromatic N) is 3. The lowest BCUT2D eigenvalue weighted by Crippen LogP contribution is -2.56. The molecule has 0 amide bonds. The lowest BCUT2D eigenvalue weighted by Gasteiger charge is -2.39. The zero-order valence-corrected chi connectivity index (χ0v) is 17.1. The number of piperazine rings is 1. The first-order valence-electron chi connectivity index (χ1n) is 10.2. The number of aromatic nitrogens is 1. The smallest absolute Gasteiger partial charge is 0.308 e. The topological polar surface area (TPSA) is 134 Å². The Morgan fingerprint density at radius 2 is 2.06 bits per heavy atom. The Kier molecular flexibility index (Phi) is 6.19. The van der Waals surface area contributed by atoms with Crippen molar-refractivity contribution in [1.29, 1.82) is 0 Å². The number of anilines is 1. The van der Waals surface area contributed by atoms with Gasteiger partial charge in [-0.3, -0.25) is 9.79 Å². The highest BCUT2D eigenvalue weighted by Gasteiger charge is 2.36. The van der Waals surface area contributed by atoms with Crippen LogP contribution in [0.3, 0.4) is 0 Å². The Hall–Kier alpha value is -3.37. The molecule has 3 heterocycles. The molecule has 2 aliphatic heterocycles. The van der Waals surface area contributed by atoms with Crippen molar-refractivity contribution in [3.8, 4) is 5.75 Å². The van der Waals surface area contributed by atoms with Gasteiger partial charge in [-0.05, 0) is 18.2 Å². The molecule has 1 aromatic carbocycles. The number of benzene rings is 1. The number of pyridine rings is 1. The van der Waals surface area contributed by atoms with E-state index in [9.17, 15) is 9.90 Å². The molecule has 1 saturated heterocycles. The number of hydrogen-bond acceptors (Lipinski definition) is 9. The fourth-order valence-electron chi connectivity index (χ4n) is 3.64. The van der Waals surface area contributed by atoms with Gasteiger partial charge >= 0.3 is 5.97 Å². The number of hydrogen-bond donors (Lipinski definition) is 4. The van der Waals surface area contributed by atoms with Gasteiger partial charge in [-0.25, -0.2) is 4.98 Å². The molecule has 1 unspecified atom stereocenters. The van der Waals surface area contributed by atoms with E-state index in [0.29, 0.717) is 17.1 Å². The first-order valence-corrected chi connectivity index (χ1v) is 10.2. The van der Waals surface area contributed by atoms with Crippen LogP contribution in [0.4, 0.5) is 5.82 Å². The number of ether oxygens (including phenoxy) is 2. The van der Waals surface area contributed by atoms with Crippen LogP contribution < -0.4 is 21.1 Å². The monoisotopic (exact) mass is 426 g/mol. The lowest BCUT2D eigenvalue weighted by molar-refractivity contribution is -0.143. The van der Waals surface area contributed by atoms with Crippen molar-refractivity contribution < 1.29 is 19.4 Å². The summed E-state index contributed by atoms with van der Waals surface area (Å²) in [4.78, 5) is 22.2. The number of aliphatic imine (C=N–C) groups is 1. The third-order valence-electron chi connectivity index (χ3n) is 5.10. The highest BCUT2D eigenvalue weighted by Crippen LogP contribution is 2.25. The van der Waals surface area contributed by atoms with Gasteiger partial charge in [0.25, 0.3) is 0 Å². The van der Waals surface area contributed by atoms with Crippen molar-refractivity contribution in [1.82, 2.24) is 20.5 Å². The predicted molar refractivity (Wildman–Crippen MR) is 117 cm³/mol. The van der Waals surface area contributed by atoms with Gasteiger partial charge in [0.2, 0.25) is 0 Å². The Balaban J connectivity index is 1.40. The summed E-state index contributed by atoms with van der Waals surface area (Å²) in [5, 5.41) is 16.9. The summed E-state index contributed by atoms with van der Waals surface area (Å²) in [5.41, 5.74) is 5.23. The van der Waals surface area contributed by atoms with Gasteiger partial charge in [-0.15, -0.1) is 0 Å². The van der Waals surface area contributed by atoms with E-state index < -0.39 is 11.7 Å². The second-order valence-electron chi connectivity index (χ2n) is 7.38. The average molecular weight is 426 g/mol. The van der Waals surface area contributed by atoms with Crippen LogP contribution in [0.15, 0.2) is 47.3 Å². The van der Waals surface area contributed by atoms with E-state index in [1.807, 2.05) is 24.3 Å². The van der Waals surface area contributed by atoms with Gasteiger partial charge in [0.05, 0.1) is 25.4 Å². The first-order chi connectivity index (χ1) is 15.0. The van der Waals surface area contributed by atoms with Gasteiger partial charge in [0.15, 0.2) is 5.72 Å². The number of carbonyl (C=O) groups is 1. The first kappa shape index (κ1) is 20.9. The number of nitrogen functional groups attached to an aromatic ring is 1. The largest absolute Gasteiger partial charge is 0.489 e. The van der Waals surface area contributed by atoms with E-state index >= 15 is 0 Å². The molecule has 4 rings (SSSR count). The molecule has 2 aliphatic rings. The summed E-state index contributed by atoms with van der Waals surface area (Å²) in [7, 11) is 0. The number of rotatable bonds is 8. The van der Waals surface area contributed by atoms with Crippen LogP contribution in [0.2, 0.25) is 0 Å². The molecule has 1 fully saturated rings. The molecule has 0 aliphatic carbocycles. The van der Waals surface area contributed by atoms with Crippen molar-refractivity contribution in [2.24, 2.45) is 4.99 Å². The third-order valence-corrected chi connectivity index (χ3v) is 5.10. The molecule has 2 aromatic rings. The van der Waals surface area contributed by atoms with Crippen molar-refractivity contribution in [2.75, 3.05) is 45.1 Å². The maximum atomic E-state index is 11.5. The van der Waals surface area contributed by atoms with E-state index in [2.05, 4.69) is 25.5 Å². The highest BCUT2D eigenvalue weighted by molar-refractivity contribution is 5.85. The van der Waals surface area contributed by atoms with Crippen LogP contribution in [0, 0.1) is 0 Å². The standard InChI is InChI=1S/C21H26N6O4/c22-17-5-4-15-2-1-3-16(20(15)25-17)30-10-11-31-21(12-19(28)29)14-24-13-18(26-21)27-8-6-23-7-9-27/h1-5,13-14,23,26H,6-12H2,(H2,22,25)(H,28,29). The van der Waals surface area contributed by atoms with E-state index in [1.54, 1.807) is 12.3 Å². The molecule has 0 bridgehead atoms. The zero-order valence-electron chi connectivity index (χ0n) is 17.1. The second kappa shape index (κ2) is 9.19. The van der Waals surface area contributed by atoms with Gasteiger partial charge < -0.3 is 35.8 Å².